The van der Waals surface area contributed by atoms with Gasteiger partial charge in [-0.25, -0.2) is 9.36 Å². The zero-order valence-corrected chi connectivity index (χ0v) is 20.5. The van der Waals surface area contributed by atoms with Crippen molar-refractivity contribution in [3.8, 4) is 0 Å². The summed E-state index contributed by atoms with van der Waals surface area (Å²) in [5.74, 6) is -1.01. The topological polar surface area (TPSA) is 137 Å². The fourth-order valence-electron chi connectivity index (χ4n) is 3.42. The number of thiazole rings is 1. The summed E-state index contributed by atoms with van der Waals surface area (Å²) in [5, 5.41) is 38.0. The third-order valence-electron chi connectivity index (χ3n) is 5.38. The Balaban J connectivity index is 2.10. The van der Waals surface area contributed by atoms with Crippen molar-refractivity contribution in [2.24, 2.45) is 17.3 Å². The molecule has 11 nitrogen and oxygen atoms in total. The second-order valence-corrected chi connectivity index (χ2v) is 8.51. The van der Waals surface area contributed by atoms with Crippen molar-refractivity contribution < 1.29 is 38.9 Å². The van der Waals surface area contributed by atoms with Crippen LogP contribution in [0.1, 0.15) is 17.4 Å². The van der Waals surface area contributed by atoms with Crippen molar-refractivity contribution in [3.63, 3.8) is 0 Å². The number of rotatable bonds is 17. The number of aliphatic hydroxyl groups is 2. The van der Waals surface area contributed by atoms with Gasteiger partial charge in [0.2, 0.25) is 5.69 Å². The molecule has 0 saturated carbocycles. The third kappa shape index (κ3) is 8.31. The Kier molecular flexibility index (Phi) is 12.5. The normalized spacial score (nSPS) is 20.1. The number of aliphatic hydroxyl groups excluding tert-OH is 2. The number of hydrogen-bond donors (Lipinski definition) is 3. The van der Waals surface area contributed by atoms with Gasteiger partial charge >= 0.3 is 11.1 Å². The molecule has 1 aromatic heterocycles. The van der Waals surface area contributed by atoms with Gasteiger partial charge in [0.05, 0.1) is 75.9 Å². The highest BCUT2D eigenvalue weighted by Gasteiger charge is 2.39. The van der Waals surface area contributed by atoms with Crippen LogP contribution in [0.5, 0.6) is 0 Å². The van der Waals surface area contributed by atoms with Gasteiger partial charge in [-0.05, 0) is 18.3 Å². The quantitative estimate of drug-likeness (QED) is 0.164. The van der Waals surface area contributed by atoms with Crippen LogP contribution in [0.3, 0.4) is 0 Å². The lowest BCUT2D eigenvalue weighted by Gasteiger charge is -2.42. The van der Waals surface area contributed by atoms with E-state index in [2.05, 4.69) is 28.1 Å². The van der Waals surface area contributed by atoms with Crippen LogP contribution in [-0.4, -0.2) is 104 Å². The van der Waals surface area contributed by atoms with Crippen LogP contribution in [0.25, 0.3) is 0 Å². The van der Waals surface area contributed by atoms with Gasteiger partial charge in [0.1, 0.15) is 6.04 Å². The number of hydrogen-bond acceptors (Lipinski definition) is 10. The van der Waals surface area contributed by atoms with E-state index in [0.717, 1.165) is 0 Å². The van der Waals surface area contributed by atoms with E-state index in [1.165, 1.54) is 15.9 Å². The molecule has 0 amide bonds. The smallest absolute Gasteiger partial charge is 0.408 e. The first-order chi connectivity index (χ1) is 16.4. The molecular formula is C22H35N4O7S+. The van der Waals surface area contributed by atoms with Gasteiger partial charge in [-0.2, -0.15) is 0 Å². The lowest BCUT2D eigenvalue weighted by molar-refractivity contribution is -0.656. The summed E-state index contributed by atoms with van der Waals surface area (Å²) >= 11 is 1.22. The first kappa shape index (κ1) is 28.2. The molecular weight excluding hydrogens is 464 g/mol. The third-order valence-corrected chi connectivity index (χ3v) is 6.29. The Bertz CT molecular complexity index is 845. The highest BCUT2D eigenvalue weighted by Crippen LogP contribution is 2.29. The Morgan fingerprint density at radius 2 is 1.71 bits per heavy atom. The predicted octanol–water partition coefficient (Wildman–Crippen LogP) is 0.944. The standard InChI is InChI=1S/C22H34N4O7S/c1-22(26(7-11-31-13-9-27)8-12-32-15-16-33-14-10-28)6-4-3-5-19(22)23-24-21-25(2)18(17-34-21)20(29)30/h3-6,17,19,27-28H,7-16H2,1-2H3/p+1. The Hall–Kier alpha value is -2.06. The van der Waals surface area contributed by atoms with Crippen molar-refractivity contribution in [2.75, 3.05) is 65.9 Å². The molecule has 0 radical (unpaired) electrons. The summed E-state index contributed by atoms with van der Waals surface area (Å²) in [6.07, 6.45) is 7.90. The van der Waals surface area contributed by atoms with E-state index in [-0.39, 0.29) is 38.2 Å². The van der Waals surface area contributed by atoms with Crippen molar-refractivity contribution in [2.45, 2.75) is 18.5 Å². The number of carboxylic acid groups (broad SMARTS) is 1. The molecule has 0 bridgehead atoms. The van der Waals surface area contributed by atoms with Crippen LogP contribution in [0, 0.1) is 0 Å². The summed E-state index contributed by atoms with van der Waals surface area (Å²) in [5.41, 5.74) is -0.369. The van der Waals surface area contributed by atoms with Crippen LogP contribution >= 0.6 is 11.3 Å². The molecule has 34 heavy (non-hydrogen) atoms. The maximum atomic E-state index is 11.3. The minimum absolute atomic E-state index is 0.0170. The van der Waals surface area contributed by atoms with Crippen LogP contribution in [0.4, 0.5) is 5.13 Å². The molecule has 2 rings (SSSR count). The molecule has 190 valence electrons. The molecule has 12 heteroatoms. The summed E-state index contributed by atoms with van der Waals surface area (Å²) in [7, 11) is 1.65. The summed E-state index contributed by atoms with van der Waals surface area (Å²) in [6, 6.07) is -0.321. The van der Waals surface area contributed by atoms with Gasteiger partial charge in [-0.15, -0.1) is 0 Å². The molecule has 3 N–H and O–H groups in total. The number of aromatic carboxylic acids is 1. The van der Waals surface area contributed by atoms with Gasteiger partial charge in [-0.1, -0.05) is 29.4 Å². The van der Waals surface area contributed by atoms with Gasteiger partial charge < -0.3 is 29.5 Å². The van der Waals surface area contributed by atoms with Gasteiger partial charge in [-0.3, -0.25) is 4.90 Å². The molecule has 1 aliphatic rings. The van der Waals surface area contributed by atoms with Crippen molar-refractivity contribution >= 4 is 22.4 Å². The maximum Gasteiger partial charge on any atom is 0.408 e. The van der Waals surface area contributed by atoms with E-state index in [1.54, 1.807) is 12.4 Å². The minimum Gasteiger partial charge on any atom is -0.475 e. The number of aromatic nitrogens is 1. The fourth-order valence-corrected chi connectivity index (χ4v) is 4.25. The Morgan fingerprint density at radius 1 is 1.09 bits per heavy atom. The zero-order valence-electron chi connectivity index (χ0n) is 19.7. The van der Waals surface area contributed by atoms with Crippen LogP contribution < -0.4 is 4.57 Å². The van der Waals surface area contributed by atoms with Gasteiger partial charge in [0, 0.05) is 13.1 Å². The van der Waals surface area contributed by atoms with E-state index < -0.39 is 11.5 Å². The largest absolute Gasteiger partial charge is 0.475 e. The molecule has 0 aliphatic heterocycles. The van der Waals surface area contributed by atoms with Gasteiger partial charge in [0.15, 0.2) is 0 Å². The predicted molar refractivity (Wildman–Crippen MR) is 126 cm³/mol. The molecule has 1 heterocycles. The molecule has 0 aromatic carbocycles. The SMILES string of the molecule is C[n+]1c(C(=O)O)csc1N=NC1C=CC=CC1(C)N(CCOCCO)CCOCCOCCO. The van der Waals surface area contributed by atoms with Crippen molar-refractivity contribution in [1.29, 1.82) is 0 Å². The Morgan fingerprint density at radius 3 is 2.29 bits per heavy atom. The molecule has 0 saturated heterocycles. The highest BCUT2D eigenvalue weighted by atomic mass is 32.1. The van der Waals surface area contributed by atoms with Crippen LogP contribution in [0.2, 0.25) is 0 Å². The van der Waals surface area contributed by atoms with Gasteiger partial charge in [0.25, 0.3) is 0 Å². The maximum absolute atomic E-state index is 11.3. The summed E-state index contributed by atoms with van der Waals surface area (Å²) in [4.78, 5) is 13.5. The minimum atomic E-state index is -1.01. The zero-order chi connectivity index (χ0) is 24.8. The second kappa shape index (κ2) is 15.0. The van der Waals surface area contributed by atoms with Crippen LogP contribution in [-0.2, 0) is 21.3 Å². The lowest BCUT2D eigenvalue weighted by Crippen LogP contribution is -2.54. The van der Waals surface area contributed by atoms with E-state index in [1.807, 2.05) is 18.2 Å². The fraction of sp³-hybridized carbons (Fsp3) is 0.636. The first-order valence-corrected chi connectivity index (χ1v) is 12.0. The summed E-state index contributed by atoms with van der Waals surface area (Å²) in [6.45, 7) is 5.46. The molecule has 0 fully saturated rings. The number of allylic oxidation sites excluding steroid dienone is 2. The van der Waals surface area contributed by atoms with E-state index in [0.29, 0.717) is 44.6 Å². The lowest BCUT2D eigenvalue weighted by atomic mass is 9.86. The number of ether oxygens (including phenoxy) is 3. The number of nitrogens with zero attached hydrogens (tertiary/aromatic N) is 4. The van der Waals surface area contributed by atoms with Crippen molar-refractivity contribution in [1.82, 2.24) is 4.90 Å². The van der Waals surface area contributed by atoms with Crippen LogP contribution in [0.15, 0.2) is 39.9 Å². The number of azo groups is 1. The monoisotopic (exact) mass is 499 g/mol. The second-order valence-electron chi connectivity index (χ2n) is 7.67. The molecule has 1 aliphatic carbocycles. The molecule has 2 unspecified atom stereocenters. The average Bonchev–Trinajstić information content (AvgIpc) is 3.19. The summed E-state index contributed by atoms with van der Waals surface area (Å²) < 4.78 is 17.9. The average molecular weight is 500 g/mol. The van der Waals surface area contributed by atoms with E-state index >= 15 is 0 Å². The molecule has 0 spiro atoms. The van der Waals surface area contributed by atoms with E-state index in [9.17, 15) is 9.90 Å². The first-order valence-electron chi connectivity index (χ1n) is 11.1. The number of carbonyl (C=O) groups is 1. The molecule has 1 aromatic rings. The highest BCUT2D eigenvalue weighted by molar-refractivity contribution is 7.13. The molecule has 2 atom stereocenters. The Labute approximate surface area is 203 Å². The number of carboxylic acids is 1. The van der Waals surface area contributed by atoms with E-state index in [4.69, 9.17) is 24.4 Å². The van der Waals surface area contributed by atoms with Crippen molar-refractivity contribution in [3.05, 3.63) is 35.4 Å².